The molecule has 1 aromatic carbocycles. The second-order valence-electron chi connectivity index (χ2n) is 8.93. The fourth-order valence-corrected chi connectivity index (χ4v) is 5.68. The Morgan fingerprint density at radius 3 is 2.52 bits per heavy atom. The van der Waals surface area contributed by atoms with Gasteiger partial charge in [0.1, 0.15) is 0 Å². The van der Waals surface area contributed by atoms with Crippen molar-refractivity contribution in [1.82, 2.24) is 5.32 Å². The first-order valence-electron chi connectivity index (χ1n) is 11.8. The summed E-state index contributed by atoms with van der Waals surface area (Å²) in [6.07, 6.45) is 11.9. The van der Waals surface area contributed by atoms with E-state index in [9.17, 15) is 14.5 Å². The summed E-state index contributed by atoms with van der Waals surface area (Å²) >= 11 is 0. The summed E-state index contributed by atoms with van der Waals surface area (Å²) in [7, 11) is -2.86. The van der Waals surface area contributed by atoms with Crippen LogP contribution in [0.5, 0.6) is 0 Å². The highest BCUT2D eigenvalue weighted by molar-refractivity contribution is 7.61. The molecule has 3 atom stereocenters. The van der Waals surface area contributed by atoms with Crippen molar-refractivity contribution in [2.45, 2.75) is 89.5 Å². The van der Waals surface area contributed by atoms with Crippen LogP contribution in [0.25, 0.3) is 0 Å². The summed E-state index contributed by atoms with van der Waals surface area (Å²) in [4.78, 5) is 11.4. The van der Waals surface area contributed by atoms with Gasteiger partial charge in [0.2, 0.25) is 7.37 Å². The van der Waals surface area contributed by atoms with Crippen LogP contribution in [0.15, 0.2) is 36.2 Å². The van der Waals surface area contributed by atoms with Crippen molar-refractivity contribution in [3.8, 4) is 0 Å². The summed E-state index contributed by atoms with van der Waals surface area (Å²) < 4.78 is 17.8. The van der Waals surface area contributed by atoms with Crippen LogP contribution in [0.2, 0.25) is 0 Å². The molecule has 174 valence electrons. The lowest BCUT2D eigenvalue weighted by Crippen LogP contribution is -2.44. The highest BCUT2D eigenvalue weighted by Crippen LogP contribution is 2.47. The SMILES string of the molecule is CCCCCCCCc1ccc([C@H]2CC[C@@](C=CP(C)(=O)OCC)(NC(=O)O)C2)cc1. The third-order valence-corrected chi connectivity index (χ3v) is 7.69. The Labute approximate surface area is 188 Å². The highest BCUT2D eigenvalue weighted by atomic mass is 31.2. The second kappa shape index (κ2) is 12.5. The van der Waals surface area contributed by atoms with Gasteiger partial charge >= 0.3 is 6.09 Å². The third kappa shape index (κ3) is 8.82. The van der Waals surface area contributed by atoms with Gasteiger partial charge < -0.3 is 14.9 Å². The van der Waals surface area contributed by atoms with Crippen LogP contribution in [0, 0.1) is 0 Å². The number of rotatable bonds is 13. The number of nitrogens with one attached hydrogen (secondary N) is 1. The smallest absolute Gasteiger partial charge is 0.405 e. The van der Waals surface area contributed by atoms with E-state index in [2.05, 4.69) is 36.5 Å². The zero-order valence-corrected chi connectivity index (χ0v) is 20.3. The predicted octanol–water partition coefficient (Wildman–Crippen LogP) is 7.32. The molecule has 0 radical (unpaired) electrons. The quantitative estimate of drug-likeness (QED) is 0.244. The monoisotopic (exact) mass is 449 g/mol. The molecular formula is C25H40NO4P. The molecule has 0 bridgehead atoms. The zero-order chi connectivity index (χ0) is 22.7. The van der Waals surface area contributed by atoms with Crippen molar-refractivity contribution >= 4 is 13.5 Å². The third-order valence-electron chi connectivity index (χ3n) is 6.23. The van der Waals surface area contributed by atoms with E-state index in [0.29, 0.717) is 19.4 Å². The van der Waals surface area contributed by atoms with E-state index in [1.54, 1.807) is 25.5 Å². The Balaban J connectivity index is 1.97. The van der Waals surface area contributed by atoms with E-state index in [1.807, 2.05) is 0 Å². The topological polar surface area (TPSA) is 75.6 Å². The van der Waals surface area contributed by atoms with Gasteiger partial charge in [-0.2, -0.15) is 0 Å². The Hall–Kier alpha value is -1.58. The van der Waals surface area contributed by atoms with Gasteiger partial charge in [-0.1, -0.05) is 69.4 Å². The number of amides is 1. The van der Waals surface area contributed by atoms with Crippen molar-refractivity contribution in [3.63, 3.8) is 0 Å². The molecule has 1 aliphatic rings. The Kier molecular flexibility index (Phi) is 10.3. The lowest BCUT2D eigenvalue weighted by atomic mass is 9.91. The van der Waals surface area contributed by atoms with Crippen molar-refractivity contribution in [3.05, 3.63) is 47.3 Å². The van der Waals surface area contributed by atoms with Gasteiger partial charge in [-0.15, -0.1) is 0 Å². The molecule has 0 aromatic heterocycles. The fraction of sp³-hybridized carbons (Fsp3) is 0.640. The van der Waals surface area contributed by atoms with E-state index >= 15 is 0 Å². The lowest BCUT2D eigenvalue weighted by Gasteiger charge is -2.26. The first-order valence-corrected chi connectivity index (χ1v) is 14.0. The molecule has 1 unspecified atom stereocenters. The highest BCUT2D eigenvalue weighted by Gasteiger charge is 2.39. The number of hydrogen-bond acceptors (Lipinski definition) is 3. The van der Waals surface area contributed by atoms with Gasteiger partial charge in [-0.25, -0.2) is 4.79 Å². The average Bonchev–Trinajstić information content (AvgIpc) is 3.13. The van der Waals surface area contributed by atoms with E-state index in [1.165, 1.54) is 49.7 Å². The first-order chi connectivity index (χ1) is 14.8. The minimum Gasteiger partial charge on any atom is -0.465 e. The Bertz CT molecular complexity index is 761. The zero-order valence-electron chi connectivity index (χ0n) is 19.4. The molecule has 1 fully saturated rings. The second-order valence-corrected chi connectivity index (χ2v) is 11.3. The van der Waals surface area contributed by atoms with Crippen LogP contribution in [-0.4, -0.2) is 30.0 Å². The molecule has 6 heteroatoms. The van der Waals surface area contributed by atoms with E-state index in [4.69, 9.17) is 4.52 Å². The maximum absolute atomic E-state index is 12.5. The summed E-state index contributed by atoms with van der Waals surface area (Å²) in [5.74, 6) is 1.85. The van der Waals surface area contributed by atoms with Crippen molar-refractivity contribution in [2.24, 2.45) is 0 Å². The lowest BCUT2D eigenvalue weighted by molar-refractivity contribution is 0.184. The van der Waals surface area contributed by atoms with Crippen molar-refractivity contribution in [2.75, 3.05) is 13.3 Å². The van der Waals surface area contributed by atoms with E-state index < -0.39 is 19.0 Å². The van der Waals surface area contributed by atoms with Gasteiger partial charge in [0.05, 0.1) is 12.1 Å². The average molecular weight is 450 g/mol. The van der Waals surface area contributed by atoms with Crippen LogP contribution >= 0.6 is 7.37 Å². The Morgan fingerprint density at radius 2 is 1.87 bits per heavy atom. The molecule has 0 saturated heterocycles. The van der Waals surface area contributed by atoms with Crippen LogP contribution in [0.4, 0.5) is 4.79 Å². The van der Waals surface area contributed by atoms with Crippen LogP contribution < -0.4 is 5.32 Å². The molecule has 1 amide bonds. The number of benzene rings is 1. The van der Waals surface area contributed by atoms with E-state index in [-0.39, 0.29) is 5.92 Å². The van der Waals surface area contributed by atoms with Gasteiger partial charge in [0.15, 0.2) is 0 Å². The summed E-state index contributed by atoms with van der Waals surface area (Å²) in [5, 5.41) is 12.1. The normalized spacial score (nSPS) is 23.1. The largest absolute Gasteiger partial charge is 0.465 e. The maximum Gasteiger partial charge on any atom is 0.405 e. The number of unbranched alkanes of at least 4 members (excludes halogenated alkanes) is 5. The number of hydrogen-bond donors (Lipinski definition) is 2. The molecule has 1 saturated carbocycles. The molecule has 0 aliphatic heterocycles. The molecule has 1 aliphatic carbocycles. The molecule has 5 nitrogen and oxygen atoms in total. The minimum absolute atomic E-state index is 0.280. The first kappa shape index (κ1) is 25.7. The predicted molar refractivity (Wildman–Crippen MR) is 128 cm³/mol. The van der Waals surface area contributed by atoms with Crippen LogP contribution in [-0.2, 0) is 15.5 Å². The Morgan fingerprint density at radius 1 is 1.19 bits per heavy atom. The van der Waals surface area contributed by atoms with Crippen LogP contribution in [0.3, 0.4) is 0 Å². The number of carbonyl (C=O) groups is 1. The van der Waals surface area contributed by atoms with Gasteiger partial charge in [0, 0.05) is 6.66 Å². The van der Waals surface area contributed by atoms with Gasteiger partial charge in [-0.3, -0.25) is 4.57 Å². The standard InChI is InChI=1S/C25H40NO4P/c1-4-6-7-8-9-10-11-21-12-14-22(15-13-21)23-16-17-25(20-23,26-24(27)28)18-19-31(3,29)30-5-2/h12-15,18-19,23,26H,4-11,16-17,20H2,1-3H3,(H,27,28)/t23-,25-,31?/m0/s1. The number of carboxylic acid groups (broad SMARTS) is 1. The number of aryl methyl sites for hydroxylation is 1. The van der Waals surface area contributed by atoms with Gasteiger partial charge in [-0.05, 0) is 61.9 Å². The summed E-state index contributed by atoms with van der Waals surface area (Å²) in [6.45, 7) is 5.98. The molecule has 2 N–H and O–H groups in total. The van der Waals surface area contributed by atoms with Gasteiger partial charge in [0.25, 0.3) is 0 Å². The fourth-order valence-electron chi connectivity index (χ4n) is 4.52. The summed E-state index contributed by atoms with van der Waals surface area (Å²) in [6, 6.07) is 8.83. The molecule has 2 rings (SSSR count). The molecule has 31 heavy (non-hydrogen) atoms. The molecular weight excluding hydrogens is 409 g/mol. The van der Waals surface area contributed by atoms with E-state index in [0.717, 1.165) is 12.8 Å². The molecule has 0 heterocycles. The van der Waals surface area contributed by atoms with Crippen LogP contribution in [0.1, 0.15) is 88.7 Å². The summed E-state index contributed by atoms with van der Waals surface area (Å²) in [5.41, 5.74) is 1.92. The molecule has 0 spiro atoms. The maximum atomic E-state index is 12.5. The molecule has 1 aromatic rings. The minimum atomic E-state index is -2.86. The van der Waals surface area contributed by atoms with Crippen molar-refractivity contribution < 1.29 is 19.0 Å². The van der Waals surface area contributed by atoms with Crippen molar-refractivity contribution in [1.29, 1.82) is 0 Å².